The zero-order valence-electron chi connectivity index (χ0n) is 18.8. The van der Waals surface area contributed by atoms with Gasteiger partial charge in [-0.2, -0.15) is 0 Å². The maximum atomic E-state index is 13.5. The summed E-state index contributed by atoms with van der Waals surface area (Å²) in [4.78, 5) is 23.3. The van der Waals surface area contributed by atoms with Crippen LogP contribution in [-0.2, 0) is 11.2 Å². The average molecular weight is 484 g/mol. The highest BCUT2D eigenvalue weighted by Crippen LogP contribution is 2.31. The van der Waals surface area contributed by atoms with Crippen LogP contribution in [0.5, 0.6) is 5.75 Å². The summed E-state index contributed by atoms with van der Waals surface area (Å²) < 4.78 is 19.6. The van der Waals surface area contributed by atoms with Crippen LogP contribution in [0.4, 0.5) is 15.9 Å². The van der Waals surface area contributed by atoms with Crippen molar-refractivity contribution in [3.05, 3.63) is 65.7 Å². The number of carbonyl (C=O) groups is 1. The van der Waals surface area contributed by atoms with Gasteiger partial charge in [0.05, 0.1) is 17.1 Å². The minimum atomic E-state index is -0.497. The zero-order chi connectivity index (χ0) is 23.9. The number of ketones is 1. The van der Waals surface area contributed by atoms with E-state index in [1.165, 1.54) is 24.5 Å². The van der Waals surface area contributed by atoms with Crippen LogP contribution in [0.1, 0.15) is 12.0 Å². The first-order chi connectivity index (χ1) is 16.5. The van der Waals surface area contributed by atoms with Gasteiger partial charge in [0.15, 0.2) is 5.78 Å². The molecule has 0 atom stereocenters. The summed E-state index contributed by atoms with van der Waals surface area (Å²) >= 11 is 5.91. The summed E-state index contributed by atoms with van der Waals surface area (Å²) in [5, 5.41) is 7.23. The molecule has 7 nitrogen and oxygen atoms in total. The van der Waals surface area contributed by atoms with Crippen LogP contribution in [0.3, 0.4) is 0 Å². The van der Waals surface area contributed by atoms with Crippen molar-refractivity contribution in [2.75, 3.05) is 44.6 Å². The molecule has 34 heavy (non-hydrogen) atoms. The van der Waals surface area contributed by atoms with Crippen molar-refractivity contribution in [3.63, 3.8) is 0 Å². The number of hydrogen-bond donors (Lipinski definition) is 2. The molecule has 0 unspecified atom stereocenters. The van der Waals surface area contributed by atoms with Crippen LogP contribution in [0.15, 0.2) is 49.3 Å². The second kappa shape index (κ2) is 11.4. The zero-order valence-corrected chi connectivity index (χ0v) is 19.6. The van der Waals surface area contributed by atoms with Gasteiger partial charge in [0.2, 0.25) is 0 Å². The first-order valence-electron chi connectivity index (χ1n) is 11.2. The van der Waals surface area contributed by atoms with Crippen molar-refractivity contribution in [2.24, 2.45) is 0 Å². The topological polar surface area (TPSA) is 79.4 Å². The molecule has 0 radical (unpaired) electrons. The van der Waals surface area contributed by atoms with Crippen molar-refractivity contribution >= 4 is 39.8 Å². The third-order valence-corrected chi connectivity index (χ3v) is 5.97. The third-order valence-electron chi connectivity index (χ3n) is 5.68. The number of rotatable bonds is 10. The van der Waals surface area contributed by atoms with Crippen molar-refractivity contribution in [1.29, 1.82) is 0 Å². The van der Waals surface area contributed by atoms with E-state index in [0.29, 0.717) is 34.8 Å². The molecule has 2 heterocycles. The predicted molar refractivity (Wildman–Crippen MR) is 133 cm³/mol. The van der Waals surface area contributed by atoms with Crippen LogP contribution < -0.4 is 15.4 Å². The number of nitrogens with zero attached hydrogens (tertiary/aromatic N) is 3. The fraction of sp³-hybridized carbons (Fsp3) is 0.320. The van der Waals surface area contributed by atoms with E-state index < -0.39 is 5.82 Å². The molecular weight excluding hydrogens is 457 g/mol. The summed E-state index contributed by atoms with van der Waals surface area (Å²) in [5.41, 5.74) is 1.98. The summed E-state index contributed by atoms with van der Waals surface area (Å²) in [5.74, 6) is 0.535. The summed E-state index contributed by atoms with van der Waals surface area (Å²) in [6.07, 6.45) is 3.79. The molecule has 1 aromatic heterocycles. The molecule has 1 saturated heterocycles. The minimum absolute atomic E-state index is 0.0112. The molecule has 0 spiro atoms. The quantitative estimate of drug-likeness (QED) is 0.331. The number of piperazine rings is 1. The fourth-order valence-corrected chi connectivity index (χ4v) is 4.06. The van der Waals surface area contributed by atoms with Gasteiger partial charge in [-0.15, -0.1) is 0 Å². The first kappa shape index (κ1) is 24.1. The Hall–Kier alpha value is -3.07. The molecule has 0 aliphatic carbocycles. The Kier molecular flexibility index (Phi) is 8.05. The average Bonchev–Trinajstić information content (AvgIpc) is 2.85. The third kappa shape index (κ3) is 6.08. The maximum Gasteiger partial charge on any atom is 0.159 e. The second-order valence-electron chi connectivity index (χ2n) is 8.09. The highest BCUT2D eigenvalue weighted by molar-refractivity contribution is 6.31. The van der Waals surface area contributed by atoms with E-state index in [0.717, 1.165) is 44.7 Å². The Morgan fingerprint density at radius 2 is 2.09 bits per heavy atom. The number of carbonyl (C=O) groups excluding carboxylic acids is 1. The summed E-state index contributed by atoms with van der Waals surface area (Å²) in [6, 6.07) is 8.04. The fourth-order valence-electron chi connectivity index (χ4n) is 3.88. The van der Waals surface area contributed by atoms with Gasteiger partial charge in [-0.3, -0.25) is 4.79 Å². The lowest BCUT2D eigenvalue weighted by atomic mass is 10.0. The molecule has 0 amide bonds. The number of fused-ring (bicyclic) bond motifs is 1. The molecule has 1 fully saturated rings. The number of allylic oxidation sites excluding steroid dienone is 1. The predicted octanol–water partition coefficient (Wildman–Crippen LogP) is 4.14. The minimum Gasteiger partial charge on any atom is -0.493 e. The molecule has 9 heteroatoms. The summed E-state index contributed by atoms with van der Waals surface area (Å²) in [6.45, 7) is 9.20. The van der Waals surface area contributed by atoms with Crippen LogP contribution in [-0.4, -0.2) is 60.0 Å². The maximum absolute atomic E-state index is 13.5. The van der Waals surface area contributed by atoms with Crippen LogP contribution in [0, 0.1) is 5.82 Å². The Bertz CT molecular complexity index is 1180. The molecule has 0 saturated carbocycles. The number of ether oxygens (including phenoxy) is 1. The number of anilines is 2. The van der Waals surface area contributed by atoms with E-state index in [2.05, 4.69) is 32.1 Å². The Labute approximate surface area is 203 Å². The number of halogens is 2. The van der Waals surface area contributed by atoms with Gasteiger partial charge in [0, 0.05) is 61.8 Å². The van der Waals surface area contributed by atoms with E-state index in [-0.39, 0.29) is 17.2 Å². The lowest BCUT2D eigenvalue weighted by Crippen LogP contribution is -2.43. The SMILES string of the molecule is C=CC(=O)Cc1cc2c(Nc3ccc(F)c(Cl)c3)ncnc2cc1OCCCN1CCNCC1. The molecule has 178 valence electrons. The van der Waals surface area contributed by atoms with Gasteiger partial charge in [-0.25, -0.2) is 14.4 Å². The molecule has 1 aliphatic heterocycles. The van der Waals surface area contributed by atoms with E-state index >= 15 is 0 Å². The Balaban J connectivity index is 1.56. The van der Waals surface area contributed by atoms with E-state index in [4.69, 9.17) is 16.3 Å². The number of benzene rings is 2. The Morgan fingerprint density at radius 1 is 1.26 bits per heavy atom. The molecule has 0 bridgehead atoms. The van der Waals surface area contributed by atoms with Gasteiger partial charge >= 0.3 is 0 Å². The van der Waals surface area contributed by atoms with Crippen molar-refractivity contribution < 1.29 is 13.9 Å². The van der Waals surface area contributed by atoms with E-state index in [1.807, 2.05) is 12.1 Å². The van der Waals surface area contributed by atoms with Crippen LogP contribution in [0.2, 0.25) is 5.02 Å². The second-order valence-corrected chi connectivity index (χ2v) is 8.50. The highest BCUT2D eigenvalue weighted by atomic mass is 35.5. The highest BCUT2D eigenvalue weighted by Gasteiger charge is 2.15. The van der Waals surface area contributed by atoms with Gasteiger partial charge < -0.3 is 20.3 Å². The lowest BCUT2D eigenvalue weighted by molar-refractivity contribution is -0.114. The number of nitrogens with one attached hydrogen (secondary N) is 2. The van der Waals surface area contributed by atoms with Crippen molar-refractivity contribution in [3.8, 4) is 5.75 Å². The molecule has 3 aromatic rings. The van der Waals surface area contributed by atoms with Crippen molar-refractivity contribution in [2.45, 2.75) is 12.8 Å². The van der Waals surface area contributed by atoms with E-state index in [9.17, 15) is 9.18 Å². The van der Waals surface area contributed by atoms with Gasteiger partial charge in [-0.1, -0.05) is 18.2 Å². The standard InChI is InChI=1S/C25H27ClFN5O2/c1-2-19(33)12-17-13-20-23(15-24(17)34-11-3-8-32-9-6-28-7-10-32)29-16-30-25(20)31-18-4-5-22(27)21(26)14-18/h2,4-5,13-16,28H,1,3,6-12H2,(H,29,30,31). The van der Waals surface area contributed by atoms with Gasteiger partial charge in [0.1, 0.15) is 23.7 Å². The normalized spacial score (nSPS) is 14.2. The smallest absolute Gasteiger partial charge is 0.159 e. The Morgan fingerprint density at radius 3 is 2.85 bits per heavy atom. The van der Waals surface area contributed by atoms with Gasteiger partial charge in [0.25, 0.3) is 0 Å². The number of aromatic nitrogens is 2. The monoisotopic (exact) mass is 483 g/mol. The van der Waals surface area contributed by atoms with Crippen molar-refractivity contribution in [1.82, 2.24) is 20.2 Å². The lowest BCUT2D eigenvalue weighted by Gasteiger charge is -2.27. The molecule has 4 rings (SSSR count). The summed E-state index contributed by atoms with van der Waals surface area (Å²) in [7, 11) is 0. The van der Waals surface area contributed by atoms with Crippen LogP contribution in [0.25, 0.3) is 10.9 Å². The number of hydrogen-bond acceptors (Lipinski definition) is 7. The molecule has 1 aliphatic rings. The van der Waals surface area contributed by atoms with Gasteiger partial charge in [-0.05, 0) is 36.8 Å². The van der Waals surface area contributed by atoms with E-state index in [1.54, 1.807) is 6.07 Å². The molecule has 2 aromatic carbocycles. The molecule has 2 N–H and O–H groups in total. The van der Waals surface area contributed by atoms with Crippen LogP contribution >= 0.6 is 11.6 Å². The largest absolute Gasteiger partial charge is 0.493 e. The molecular formula is C25H27ClFN5O2. The first-order valence-corrected chi connectivity index (χ1v) is 11.6.